The average molecular weight is 289 g/mol. The lowest BCUT2D eigenvalue weighted by Crippen LogP contribution is -2.06. The van der Waals surface area contributed by atoms with Crippen molar-refractivity contribution in [1.29, 1.82) is 0 Å². The second kappa shape index (κ2) is 5.48. The van der Waals surface area contributed by atoms with Crippen molar-refractivity contribution in [1.82, 2.24) is 14.5 Å². The van der Waals surface area contributed by atoms with Crippen molar-refractivity contribution in [3.8, 4) is 0 Å². The van der Waals surface area contributed by atoms with Crippen molar-refractivity contribution >= 4 is 11.2 Å². The minimum Gasteiger partial charge on any atom is -0.467 e. The first-order valence-corrected chi connectivity index (χ1v) is 7.26. The lowest BCUT2D eigenvalue weighted by Gasteiger charge is -2.07. The Balaban J connectivity index is 1.79. The van der Waals surface area contributed by atoms with E-state index in [9.17, 15) is 0 Å². The molecule has 4 aromatic rings. The summed E-state index contributed by atoms with van der Waals surface area (Å²) >= 11 is 0. The number of furan rings is 1. The molecule has 0 bridgehead atoms. The van der Waals surface area contributed by atoms with Gasteiger partial charge >= 0.3 is 0 Å². The third-order valence-corrected chi connectivity index (χ3v) is 3.68. The van der Waals surface area contributed by atoms with Gasteiger partial charge in [-0.05, 0) is 29.8 Å². The van der Waals surface area contributed by atoms with Crippen LogP contribution in [-0.2, 0) is 13.0 Å². The molecule has 0 N–H and O–H groups in total. The summed E-state index contributed by atoms with van der Waals surface area (Å²) in [5.41, 5.74) is 3.04. The molecule has 0 amide bonds. The summed E-state index contributed by atoms with van der Waals surface area (Å²) in [6, 6.07) is 18.1. The molecule has 0 aliphatic carbocycles. The smallest absolute Gasteiger partial charge is 0.160 e. The normalized spacial score (nSPS) is 11.1. The summed E-state index contributed by atoms with van der Waals surface area (Å²) in [6.45, 7) is 0.642. The Bertz CT molecular complexity index is 879. The predicted molar refractivity (Wildman–Crippen MR) is 84.6 cm³/mol. The Morgan fingerprint density at radius 3 is 2.68 bits per heavy atom. The van der Waals surface area contributed by atoms with Gasteiger partial charge in [0.05, 0.1) is 12.8 Å². The molecule has 4 rings (SSSR count). The summed E-state index contributed by atoms with van der Waals surface area (Å²) in [6.07, 6.45) is 4.27. The van der Waals surface area contributed by atoms with Crippen LogP contribution in [0.15, 0.2) is 71.5 Å². The zero-order chi connectivity index (χ0) is 14.8. The maximum Gasteiger partial charge on any atom is 0.160 e. The number of hydrogen-bond donors (Lipinski definition) is 0. The van der Waals surface area contributed by atoms with Crippen LogP contribution in [0.5, 0.6) is 0 Å². The quantitative estimate of drug-likeness (QED) is 0.576. The highest BCUT2D eigenvalue weighted by Gasteiger charge is 2.13. The average Bonchev–Trinajstić information content (AvgIpc) is 3.18. The SMILES string of the molecule is c1ccc(Cc2nc3cccnc3n2Cc2ccco2)cc1. The van der Waals surface area contributed by atoms with Crippen molar-refractivity contribution in [3.63, 3.8) is 0 Å². The highest BCUT2D eigenvalue weighted by atomic mass is 16.3. The van der Waals surface area contributed by atoms with Crippen LogP contribution in [0.1, 0.15) is 17.1 Å². The van der Waals surface area contributed by atoms with E-state index in [-0.39, 0.29) is 0 Å². The van der Waals surface area contributed by atoms with Gasteiger partial charge in [-0.15, -0.1) is 0 Å². The molecule has 4 heteroatoms. The fraction of sp³-hybridized carbons (Fsp3) is 0.111. The van der Waals surface area contributed by atoms with Crippen molar-refractivity contribution < 1.29 is 4.42 Å². The van der Waals surface area contributed by atoms with Gasteiger partial charge < -0.3 is 8.98 Å². The number of benzene rings is 1. The molecule has 0 saturated heterocycles. The summed E-state index contributed by atoms with van der Waals surface area (Å²) in [5.74, 6) is 1.90. The first kappa shape index (κ1) is 12.8. The third-order valence-electron chi connectivity index (χ3n) is 3.68. The van der Waals surface area contributed by atoms with Gasteiger partial charge in [-0.3, -0.25) is 0 Å². The van der Waals surface area contributed by atoms with Gasteiger partial charge in [0.25, 0.3) is 0 Å². The third kappa shape index (κ3) is 2.39. The highest BCUT2D eigenvalue weighted by molar-refractivity contribution is 5.71. The van der Waals surface area contributed by atoms with E-state index in [1.54, 1.807) is 12.5 Å². The summed E-state index contributed by atoms with van der Waals surface area (Å²) < 4.78 is 7.61. The number of pyridine rings is 1. The van der Waals surface area contributed by atoms with E-state index in [2.05, 4.69) is 21.7 Å². The topological polar surface area (TPSA) is 43.9 Å². The molecule has 0 spiro atoms. The van der Waals surface area contributed by atoms with Crippen LogP contribution in [0.2, 0.25) is 0 Å². The van der Waals surface area contributed by atoms with Crippen LogP contribution < -0.4 is 0 Å². The van der Waals surface area contributed by atoms with Gasteiger partial charge in [-0.1, -0.05) is 30.3 Å². The summed E-state index contributed by atoms with van der Waals surface area (Å²) in [4.78, 5) is 9.23. The van der Waals surface area contributed by atoms with Crippen LogP contribution in [-0.4, -0.2) is 14.5 Å². The number of aromatic nitrogens is 3. The van der Waals surface area contributed by atoms with Gasteiger partial charge in [-0.2, -0.15) is 0 Å². The van der Waals surface area contributed by atoms with Crippen LogP contribution in [0.3, 0.4) is 0 Å². The maximum atomic E-state index is 5.48. The molecule has 0 fully saturated rings. The first-order valence-electron chi connectivity index (χ1n) is 7.26. The fourth-order valence-electron chi connectivity index (χ4n) is 2.64. The number of nitrogens with zero attached hydrogens (tertiary/aromatic N) is 3. The van der Waals surface area contributed by atoms with Crippen molar-refractivity contribution in [3.05, 3.63) is 84.2 Å². The zero-order valence-electron chi connectivity index (χ0n) is 12.0. The van der Waals surface area contributed by atoms with Gasteiger partial charge in [0, 0.05) is 12.6 Å². The minimum atomic E-state index is 0.642. The molecule has 0 aliphatic heterocycles. The molecule has 0 atom stereocenters. The van der Waals surface area contributed by atoms with E-state index >= 15 is 0 Å². The molecule has 3 heterocycles. The molecule has 0 radical (unpaired) electrons. The van der Waals surface area contributed by atoms with Crippen LogP contribution in [0, 0.1) is 0 Å². The number of fused-ring (bicyclic) bond motifs is 1. The molecular formula is C18H15N3O. The Kier molecular flexibility index (Phi) is 3.20. The standard InChI is InChI=1S/C18H15N3O/c1-2-6-14(7-3-1)12-17-20-16-9-4-10-19-18(16)21(17)13-15-8-5-11-22-15/h1-11H,12-13H2. The lowest BCUT2D eigenvalue weighted by atomic mass is 10.1. The van der Waals surface area contributed by atoms with E-state index in [1.807, 2.05) is 42.5 Å². The Hall–Kier alpha value is -2.88. The summed E-state index contributed by atoms with van der Waals surface area (Å²) in [7, 11) is 0. The van der Waals surface area contributed by atoms with E-state index in [0.717, 1.165) is 29.2 Å². The second-order valence-corrected chi connectivity index (χ2v) is 5.20. The Labute approximate surface area is 128 Å². The molecule has 0 aliphatic rings. The van der Waals surface area contributed by atoms with E-state index in [0.29, 0.717) is 6.54 Å². The number of imidazole rings is 1. The Morgan fingerprint density at radius 2 is 1.86 bits per heavy atom. The summed E-state index contributed by atoms with van der Waals surface area (Å²) in [5, 5.41) is 0. The van der Waals surface area contributed by atoms with Crippen molar-refractivity contribution in [2.24, 2.45) is 0 Å². The molecule has 108 valence electrons. The van der Waals surface area contributed by atoms with Gasteiger partial charge in [0.15, 0.2) is 5.65 Å². The first-order chi connectivity index (χ1) is 10.9. The van der Waals surface area contributed by atoms with E-state index in [4.69, 9.17) is 9.40 Å². The second-order valence-electron chi connectivity index (χ2n) is 5.20. The Morgan fingerprint density at radius 1 is 0.955 bits per heavy atom. The molecule has 0 unspecified atom stereocenters. The molecular weight excluding hydrogens is 274 g/mol. The largest absolute Gasteiger partial charge is 0.467 e. The van der Waals surface area contributed by atoms with E-state index < -0.39 is 0 Å². The van der Waals surface area contributed by atoms with Crippen molar-refractivity contribution in [2.45, 2.75) is 13.0 Å². The molecule has 3 aromatic heterocycles. The molecule has 1 aromatic carbocycles. The number of rotatable bonds is 4. The van der Waals surface area contributed by atoms with Crippen LogP contribution in [0.25, 0.3) is 11.2 Å². The minimum absolute atomic E-state index is 0.642. The highest BCUT2D eigenvalue weighted by Crippen LogP contribution is 2.18. The molecule has 4 nitrogen and oxygen atoms in total. The fourth-order valence-corrected chi connectivity index (χ4v) is 2.64. The van der Waals surface area contributed by atoms with Gasteiger partial charge in [0.2, 0.25) is 0 Å². The van der Waals surface area contributed by atoms with E-state index in [1.165, 1.54) is 5.56 Å². The van der Waals surface area contributed by atoms with Gasteiger partial charge in [0.1, 0.15) is 17.1 Å². The van der Waals surface area contributed by atoms with Gasteiger partial charge in [-0.25, -0.2) is 9.97 Å². The molecule has 22 heavy (non-hydrogen) atoms. The number of hydrogen-bond acceptors (Lipinski definition) is 3. The predicted octanol–water partition coefficient (Wildman–Crippen LogP) is 3.66. The molecule has 0 saturated carbocycles. The lowest BCUT2D eigenvalue weighted by molar-refractivity contribution is 0.492. The zero-order valence-corrected chi connectivity index (χ0v) is 12.0. The monoisotopic (exact) mass is 289 g/mol. The van der Waals surface area contributed by atoms with Crippen LogP contribution in [0.4, 0.5) is 0 Å². The maximum absolute atomic E-state index is 5.48. The van der Waals surface area contributed by atoms with Crippen molar-refractivity contribution in [2.75, 3.05) is 0 Å². The van der Waals surface area contributed by atoms with Crippen LogP contribution >= 0.6 is 0 Å².